The maximum Gasteiger partial charge on any atom is 0.315 e. The standard InChI is InChI=1S/C14H20N2O3/c17-9-13(8-11-4-2-1-3-5-11)16-14(18)15-12-6-7-19-10-12/h1-5,12-13,17H,6-10H2,(H2,15,16,18)/t12?,13-/m0/s1. The van der Waals surface area contributed by atoms with Gasteiger partial charge in [0.1, 0.15) is 0 Å². The number of aliphatic hydroxyl groups is 1. The van der Waals surface area contributed by atoms with Gasteiger partial charge in [-0.25, -0.2) is 4.79 Å². The van der Waals surface area contributed by atoms with E-state index >= 15 is 0 Å². The summed E-state index contributed by atoms with van der Waals surface area (Å²) in [6, 6.07) is 9.35. The predicted molar refractivity (Wildman–Crippen MR) is 71.9 cm³/mol. The van der Waals surface area contributed by atoms with Gasteiger partial charge >= 0.3 is 6.03 Å². The molecule has 0 radical (unpaired) electrons. The van der Waals surface area contributed by atoms with E-state index in [-0.39, 0.29) is 24.7 Å². The van der Waals surface area contributed by atoms with Gasteiger partial charge in [-0.1, -0.05) is 30.3 Å². The van der Waals surface area contributed by atoms with Crippen LogP contribution in [0.5, 0.6) is 0 Å². The molecule has 0 aliphatic carbocycles. The van der Waals surface area contributed by atoms with Gasteiger partial charge in [0.05, 0.1) is 25.3 Å². The summed E-state index contributed by atoms with van der Waals surface area (Å²) in [5.41, 5.74) is 1.09. The molecule has 0 saturated carbocycles. The van der Waals surface area contributed by atoms with Crippen molar-refractivity contribution >= 4 is 6.03 Å². The Morgan fingerprint density at radius 1 is 1.42 bits per heavy atom. The number of urea groups is 1. The van der Waals surface area contributed by atoms with Crippen LogP contribution in [-0.4, -0.2) is 43.0 Å². The smallest absolute Gasteiger partial charge is 0.315 e. The molecular formula is C14H20N2O3. The zero-order chi connectivity index (χ0) is 13.5. The first-order chi connectivity index (χ1) is 9.28. The van der Waals surface area contributed by atoms with E-state index in [1.54, 1.807) is 0 Å². The lowest BCUT2D eigenvalue weighted by atomic mass is 10.1. The Morgan fingerprint density at radius 3 is 2.84 bits per heavy atom. The monoisotopic (exact) mass is 264 g/mol. The number of carbonyl (C=O) groups is 1. The van der Waals surface area contributed by atoms with Crippen molar-refractivity contribution in [3.05, 3.63) is 35.9 Å². The van der Waals surface area contributed by atoms with E-state index in [4.69, 9.17) is 4.74 Å². The third kappa shape index (κ3) is 4.54. The van der Waals surface area contributed by atoms with Gasteiger partial charge in [0.25, 0.3) is 0 Å². The summed E-state index contributed by atoms with van der Waals surface area (Å²) >= 11 is 0. The molecular weight excluding hydrogens is 244 g/mol. The van der Waals surface area contributed by atoms with Crippen LogP contribution in [0.3, 0.4) is 0 Å². The van der Waals surface area contributed by atoms with Crippen molar-refractivity contribution in [1.82, 2.24) is 10.6 Å². The third-order valence-corrected chi connectivity index (χ3v) is 3.15. The van der Waals surface area contributed by atoms with Crippen molar-refractivity contribution in [2.24, 2.45) is 0 Å². The summed E-state index contributed by atoms with van der Waals surface area (Å²) in [4.78, 5) is 11.8. The SMILES string of the molecule is O=C(NC1CCOC1)N[C@H](CO)Cc1ccccc1. The number of rotatable bonds is 5. The van der Waals surface area contributed by atoms with E-state index in [9.17, 15) is 9.90 Å². The predicted octanol–water partition coefficient (Wildman–Crippen LogP) is 0.678. The number of amides is 2. The molecule has 1 unspecified atom stereocenters. The highest BCUT2D eigenvalue weighted by molar-refractivity contribution is 5.74. The highest BCUT2D eigenvalue weighted by Gasteiger charge is 2.19. The van der Waals surface area contributed by atoms with Crippen LogP contribution in [0.2, 0.25) is 0 Å². The van der Waals surface area contributed by atoms with Crippen LogP contribution < -0.4 is 10.6 Å². The van der Waals surface area contributed by atoms with E-state index in [0.29, 0.717) is 19.6 Å². The van der Waals surface area contributed by atoms with Gasteiger partial charge in [0, 0.05) is 6.61 Å². The summed E-state index contributed by atoms with van der Waals surface area (Å²) < 4.78 is 5.19. The van der Waals surface area contributed by atoms with Crippen LogP contribution in [0.25, 0.3) is 0 Å². The minimum Gasteiger partial charge on any atom is -0.394 e. The normalized spacial score (nSPS) is 19.9. The molecule has 1 aromatic rings. The second-order valence-electron chi connectivity index (χ2n) is 4.75. The highest BCUT2D eigenvalue weighted by Crippen LogP contribution is 2.04. The van der Waals surface area contributed by atoms with Crippen LogP contribution in [0, 0.1) is 0 Å². The van der Waals surface area contributed by atoms with Gasteiger partial charge in [0.15, 0.2) is 0 Å². The largest absolute Gasteiger partial charge is 0.394 e. The molecule has 1 saturated heterocycles. The first-order valence-electron chi connectivity index (χ1n) is 6.57. The Bertz CT molecular complexity index is 391. The first kappa shape index (κ1) is 13.8. The van der Waals surface area contributed by atoms with E-state index < -0.39 is 0 Å². The Kier molecular flexibility index (Phi) is 5.18. The van der Waals surface area contributed by atoms with Crippen molar-refractivity contribution < 1.29 is 14.6 Å². The van der Waals surface area contributed by atoms with Crippen molar-refractivity contribution in [2.75, 3.05) is 19.8 Å². The topological polar surface area (TPSA) is 70.6 Å². The number of carbonyl (C=O) groups excluding carboxylic acids is 1. The molecule has 1 fully saturated rings. The molecule has 104 valence electrons. The molecule has 1 heterocycles. The van der Waals surface area contributed by atoms with Crippen LogP contribution in [-0.2, 0) is 11.2 Å². The average Bonchev–Trinajstić information content (AvgIpc) is 2.92. The summed E-state index contributed by atoms with van der Waals surface area (Å²) in [6.45, 7) is 1.18. The summed E-state index contributed by atoms with van der Waals surface area (Å²) in [5.74, 6) is 0. The molecule has 0 bridgehead atoms. The molecule has 5 nitrogen and oxygen atoms in total. The zero-order valence-corrected chi connectivity index (χ0v) is 10.8. The van der Waals surface area contributed by atoms with Crippen LogP contribution in [0.15, 0.2) is 30.3 Å². The highest BCUT2D eigenvalue weighted by atomic mass is 16.5. The molecule has 1 aliphatic heterocycles. The minimum absolute atomic E-state index is 0.0797. The Morgan fingerprint density at radius 2 is 2.21 bits per heavy atom. The molecule has 2 atom stereocenters. The zero-order valence-electron chi connectivity index (χ0n) is 10.8. The van der Waals surface area contributed by atoms with Crippen LogP contribution in [0.4, 0.5) is 4.79 Å². The number of aliphatic hydroxyl groups excluding tert-OH is 1. The van der Waals surface area contributed by atoms with Gasteiger partial charge in [-0.2, -0.15) is 0 Å². The van der Waals surface area contributed by atoms with Crippen LogP contribution >= 0.6 is 0 Å². The van der Waals surface area contributed by atoms with Gasteiger partial charge in [-0.15, -0.1) is 0 Å². The Labute approximate surface area is 113 Å². The fraction of sp³-hybridized carbons (Fsp3) is 0.500. The lowest BCUT2D eigenvalue weighted by Gasteiger charge is -2.18. The lowest BCUT2D eigenvalue weighted by molar-refractivity contribution is 0.186. The summed E-state index contributed by atoms with van der Waals surface area (Å²) in [5, 5.41) is 15.0. The average molecular weight is 264 g/mol. The van der Waals surface area contributed by atoms with E-state index in [1.165, 1.54) is 0 Å². The van der Waals surface area contributed by atoms with E-state index in [0.717, 1.165) is 12.0 Å². The van der Waals surface area contributed by atoms with E-state index in [2.05, 4.69) is 10.6 Å². The molecule has 1 aliphatic rings. The second-order valence-corrected chi connectivity index (χ2v) is 4.75. The number of hydrogen-bond donors (Lipinski definition) is 3. The molecule has 5 heteroatoms. The summed E-state index contributed by atoms with van der Waals surface area (Å²) in [7, 11) is 0. The number of ether oxygens (including phenoxy) is 1. The minimum atomic E-state index is -0.273. The van der Waals surface area contributed by atoms with Crippen molar-refractivity contribution in [2.45, 2.75) is 24.9 Å². The fourth-order valence-corrected chi connectivity index (χ4v) is 2.12. The maximum atomic E-state index is 11.8. The molecule has 19 heavy (non-hydrogen) atoms. The molecule has 2 amide bonds. The van der Waals surface area contributed by atoms with Crippen molar-refractivity contribution in [1.29, 1.82) is 0 Å². The number of benzene rings is 1. The fourth-order valence-electron chi connectivity index (χ4n) is 2.12. The van der Waals surface area contributed by atoms with Crippen molar-refractivity contribution in [3.63, 3.8) is 0 Å². The van der Waals surface area contributed by atoms with Crippen molar-refractivity contribution in [3.8, 4) is 0 Å². The first-order valence-corrected chi connectivity index (χ1v) is 6.57. The maximum absolute atomic E-state index is 11.8. The van der Waals surface area contributed by atoms with Crippen LogP contribution in [0.1, 0.15) is 12.0 Å². The Balaban J connectivity index is 1.79. The molecule has 1 aromatic carbocycles. The molecule has 2 rings (SSSR count). The molecule has 3 N–H and O–H groups in total. The Hall–Kier alpha value is -1.59. The van der Waals surface area contributed by atoms with Gasteiger partial charge in [0.2, 0.25) is 0 Å². The van der Waals surface area contributed by atoms with Gasteiger partial charge < -0.3 is 20.5 Å². The van der Waals surface area contributed by atoms with E-state index in [1.807, 2.05) is 30.3 Å². The van der Waals surface area contributed by atoms with Gasteiger partial charge in [-0.3, -0.25) is 0 Å². The second kappa shape index (κ2) is 7.11. The molecule has 0 spiro atoms. The number of nitrogens with one attached hydrogen (secondary N) is 2. The number of hydrogen-bond acceptors (Lipinski definition) is 3. The third-order valence-electron chi connectivity index (χ3n) is 3.15. The summed E-state index contributed by atoms with van der Waals surface area (Å²) in [6.07, 6.45) is 1.46. The lowest BCUT2D eigenvalue weighted by Crippen LogP contribution is -2.48. The quantitative estimate of drug-likeness (QED) is 0.732. The molecule has 0 aromatic heterocycles. The van der Waals surface area contributed by atoms with Gasteiger partial charge in [-0.05, 0) is 18.4 Å².